The molecule has 70 valence electrons. The molecule has 1 aliphatic heterocycles. The van der Waals surface area contributed by atoms with Crippen LogP contribution >= 0.6 is 0 Å². The van der Waals surface area contributed by atoms with Crippen LogP contribution in [0, 0.1) is 17.2 Å². The van der Waals surface area contributed by atoms with E-state index in [1.165, 1.54) is 0 Å². The first-order valence-corrected chi connectivity index (χ1v) is 4.86. The first-order chi connectivity index (χ1) is 6.31. The predicted octanol–water partition coefficient (Wildman–Crippen LogP) is 1.43. The van der Waals surface area contributed by atoms with Gasteiger partial charge in [0.05, 0.1) is 24.7 Å². The van der Waals surface area contributed by atoms with Gasteiger partial charge in [-0.05, 0) is 19.3 Å². The number of hydrogen-bond acceptors (Lipinski definition) is 3. The van der Waals surface area contributed by atoms with E-state index in [9.17, 15) is 4.79 Å². The van der Waals surface area contributed by atoms with E-state index in [4.69, 9.17) is 10.00 Å². The second-order valence-corrected chi connectivity index (χ2v) is 3.86. The monoisotopic (exact) mass is 179 g/mol. The van der Waals surface area contributed by atoms with Crippen LogP contribution in [0.1, 0.15) is 32.1 Å². The fraction of sp³-hybridized carbons (Fsp3) is 0.800. The summed E-state index contributed by atoms with van der Waals surface area (Å²) in [4.78, 5) is 11.5. The molecule has 1 heterocycles. The molecule has 0 spiro atoms. The Morgan fingerprint density at radius 1 is 1.62 bits per heavy atom. The Morgan fingerprint density at radius 3 is 3.15 bits per heavy atom. The molecule has 2 fully saturated rings. The van der Waals surface area contributed by atoms with E-state index in [1.54, 1.807) is 0 Å². The highest BCUT2D eigenvalue weighted by atomic mass is 16.5. The topological polar surface area (TPSA) is 50.1 Å². The van der Waals surface area contributed by atoms with Crippen LogP contribution < -0.4 is 0 Å². The first kappa shape index (κ1) is 8.71. The number of ether oxygens (including phenoxy) is 1. The molecule has 3 heteroatoms. The number of carbonyl (C=O) groups excluding carboxylic acids is 1. The molecule has 1 aliphatic carbocycles. The third-order valence-corrected chi connectivity index (χ3v) is 2.98. The van der Waals surface area contributed by atoms with Gasteiger partial charge >= 0.3 is 0 Å². The third kappa shape index (κ3) is 1.59. The van der Waals surface area contributed by atoms with E-state index < -0.39 is 0 Å². The Kier molecular flexibility index (Phi) is 2.32. The standard InChI is InChI=1S/C10H13NO2/c11-5-4-7-6-8-9(12)2-1-3-10(8)13-7/h7-8,10H,1-4,6H2/t7-,8-,10-/m0/s1. The number of nitrogens with zero attached hydrogens (tertiary/aromatic N) is 1. The highest BCUT2D eigenvalue weighted by Crippen LogP contribution is 2.36. The Bertz CT molecular complexity index is 256. The Balaban J connectivity index is 2.00. The Hall–Kier alpha value is -0.880. The van der Waals surface area contributed by atoms with Crippen LogP contribution in [-0.2, 0) is 9.53 Å². The molecule has 0 radical (unpaired) electrons. The minimum atomic E-state index is 0.0158. The normalized spacial score (nSPS) is 38.4. The fourth-order valence-electron chi connectivity index (χ4n) is 2.34. The molecular formula is C10H13NO2. The van der Waals surface area contributed by atoms with Crippen molar-refractivity contribution in [1.82, 2.24) is 0 Å². The molecule has 0 N–H and O–H groups in total. The molecule has 3 atom stereocenters. The number of ketones is 1. The van der Waals surface area contributed by atoms with Crippen molar-refractivity contribution in [2.45, 2.75) is 44.3 Å². The van der Waals surface area contributed by atoms with Crippen LogP contribution in [0.15, 0.2) is 0 Å². The first-order valence-electron chi connectivity index (χ1n) is 4.86. The maximum atomic E-state index is 11.5. The number of nitriles is 1. The van der Waals surface area contributed by atoms with Crippen LogP contribution in [0.25, 0.3) is 0 Å². The molecule has 1 saturated heterocycles. The van der Waals surface area contributed by atoms with Crippen molar-refractivity contribution in [2.75, 3.05) is 0 Å². The SMILES string of the molecule is N#CC[C@H]1C[C@H]2C(=O)CCC[C@@H]2O1. The van der Waals surface area contributed by atoms with Crippen molar-refractivity contribution in [2.24, 2.45) is 5.92 Å². The third-order valence-electron chi connectivity index (χ3n) is 2.98. The van der Waals surface area contributed by atoms with Crippen molar-refractivity contribution in [3.8, 4) is 6.07 Å². The lowest BCUT2D eigenvalue weighted by molar-refractivity contribution is -0.127. The second kappa shape index (κ2) is 3.47. The molecule has 3 nitrogen and oxygen atoms in total. The smallest absolute Gasteiger partial charge is 0.138 e. The molecule has 0 bridgehead atoms. The summed E-state index contributed by atoms with van der Waals surface area (Å²) in [5, 5.41) is 8.51. The number of hydrogen-bond donors (Lipinski definition) is 0. The van der Waals surface area contributed by atoms with Gasteiger partial charge in [0.2, 0.25) is 0 Å². The predicted molar refractivity (Wildman–Crippen MR) is 45.9 cm³/mol. The largest absolute Gasteiger partial charge is 0.373 e. The summed E-state index contributed by atoms with van der Waals surface area (Å²) in [6, 6.07) is 2.10. The van der Waals surface area contributed by atoms with Gasteiger partial charge in [0.1, 0.15) is 5.78 Å². The summed E-state index contributed by atoms with van der Waals surface area (Å²) in [5.74, 6) is 0.448. The van der Waals surface area contributed by atoms with Gasteiger partial charge in [-0.25, -0.2) is 0 Å². The second-order valence-electron chi connectivity index (χ2n) is 3.86. The molecule has 2 aliphatic rings. The van der Waals surface area contributed by atoms with Crippen molar-refractivity contribution in [3.05, 3.63) is 0 Å². The van der Waals surface area contributed by atoms with E-state index >= 15 is 0 Å². The summed E-state index contributed by atoms with van der Waals surface area (Å²) in [6.45, 7) is 0. The number of carbonyl (C=O) groups is 1. The highest BCUT2D eigenvalue weighted by Gasteiger charge is 2.41. The van der Waals surface area contributed by atoms with Gasteiger partial charge in [0.15, 0.2) is 0 Å². The summed E-state index contributed by atoms with van der Waals surface area (Å²) >= 11 is 0. The fourth-order valence-corrected chi connectivity index (χ4v) is 2.34. The van der Waals surface area contributed by atoms with Crippen LogP contribution in [0.2, 0.25) is 0 Å². The van der Waals surface area contributed by atoms with Gasteiger partial charge in [-0.3, -0.25) is 4.79 Å². The Labute approximate surface area is 77.7 Å². The highest BCUT2D eigenvalue weighted by molar-refractivity contribution is 5.82. The molecule has 0 aromatic heterocycles. The maximum Gasteiger partial charge on any atom is 0.138 e. The number of fused-ring (bicyclic) bond motifs is 1. The van der Waals surface area contributed by atoms with Gasteiger partial charge in [0.25, 0.3) is 0 Å². The number of Topliss-reactive ketones (excluding diaryl/α,β-unsaturated/α-hetero) is 1. The van der Waals surface area contributed by atoms with Crippen molar-refractivity contribution < 1.29 is 9.53 Å². The van der Waals surface area contributed by atoms with Crippen molar-refractivity contribution in [3.63, 3.8) is 0 Å². The van der Waals surface area contributed by atoms with Crippen LogP contribution in [0.5, 0.6) is 0 Å². The van der Waals surface area contributed by atoms with Gasteiger partial charge < -0.3 is 4.74 Å². The Morgan fingerprint density at radius 2 is 2.46 bits per heavy atom. The molecular weight excluding hydrogens is 166 g/mol. The van der Waals surface area contributed by atoms with E-state index in [1.807, 2.05) is 0 Å². The zero-order chi connectivity index (χ0) is 9.26. The lowest BCUT2D eigenvalue weighted by Gasteiger charge is -2.21. The number of rotatable bonds is 1. The van der Waals surface area contributed by atoms with Gasteiger partial charge in [0, 0.05) is 12.3 Å². The lowest BCUT2D eigenvalue weighted by Crippen LogP contribution is -2.28. The quantitative estimate of drug-likeness (QED) is 0.611. The maximum absolute atomic E-state index is 11.5. The van der Waals surface area contributed by atoms with E-state index in [0.717, 1.165) is 19.3 Å². The minimum absolute atomic E-state index is 0.0158. The molecule has 1 saturated carbocycles. The molecule has 0 aromatic rings. The van der Waals surface area contributed by atoms with Crippen LogP contribution in [0.3, 0.4) is 0 Å². The lowest BCUT2D eigenvalue weighted by atomic mass is 9.84. The van der Waals surface area contributed by atoms with Crippen LogP contribution in [-0.4, -0.2) is 18.0 Å². The molecule has 0 aromatic carbocycles. The molecule has 13 heavy (non-hydrogen) atoms. The summed E-state index contributed by atoms with van der Waals surface area (Å²) in [6.07, 6.45) is 4.01. The zero-order valence-electron chi connectivity index (χ0n) is 7.53. The molecule has 0 amide bonds. The minimum Gasteiger partial charge on any atom is -0.373 e. The van der Waals surface area contributed by atoms with Crippen LogP contribution in [0.4, 0.5) is 0 Å². The zero-order valence-corrected chi connectivity index (χ0v) is 7.53. The van der Waals surface area contributed by atoms with Gasteiger partial charge in [-0.2, -0.15) is 5.26 Å². The summed E-state index contributed by atoms with van der Waals surface area (Å²) in [5.41, 5.74) is 0. The summed E-state index contributed by atoms with van der Waals surface area (Å²) in [7, 11) is 0. The van der Waals surface area contributed by atoms with Gasteiger partial charge in [-0.15, -0.1) is 0 Å². The average molecular weight is 179 g/mol. The van der Waals surface area contributed by atoms with E-state index in [2.05, 4.69) is 6.07 Å². The van der Waals surface area contributed by atoms with Crippen molar-refractivity contribution in [1.29, 1.82) is 5.26 Å². The average Bonchev–Trinajstić information content (AvgIpc) is 2.49. The molecule has 2 rings (SSSR count). The van der Waals surface area contributed by atoms with Crippen molar-refractivity contribution >= 4 is 5.78 Å². The molecule has 0 unspecified atom stereocenters. The van der Waals surface area contributed by atoms with Gasteiger partial charge in [-0.1, -0.05) is 0 Å². The summed E-state index contributed by atoms with van der Waals surface area (Å²) < 4.78 is 5.63. The van der Waals surface area contributed by atoms with E-state index in [0.29, 0.717) is 18.6 Å². The van der Waals surface area contributed by atoms with E-state index in [-0.39, 0.29) is 18.1 Å².